The van der Waals surface area contributed by atoms with Crippen LogP contribution in [0.2, 0.25) is 5.02 Å². The summed E-state index contributed by atoms with van der Waals surface area (Å²) in [6.07, 6.45) is 2.70. The van der Waals surface area contributed by atoms with Crippen LogP contribution in [0, 0.1) is 0 Å². The molecule has 8 nitrogen and oxygen atoms in total. The molecule has 0 saturated carbocycles. The summed E-state index contributed by atoms with van der Waals surface area (Å²) in [5, 5.41) is 9.83. The van der Waals surface area contributed by atoms with Gasteiger partial charge in [-0.25, -0.2) is 13.5 Å². The van der Waals surface area contributed by atoms with E-state index in [4.69, 9.17) is 11.6 Å². The summed E-state index contributed by atoms with van der Waals surface area (Å²) in [6.45, 7) is 2.94. The number of amides is 1. The van der Waals surface area contributed by atoms with Gasteiger partial charge in [-0.15, -0.1) is 5.10 Å². The minimum Gasteiger partial charge on any atom is -0.291 e. The highest BCUT2D eigenvalue weighted by atomic mass is 35.5. The number of nitrogens with zero attached hydrogens (tertiary/aromatic N) is 3. The summed E-state index contributed by atoms with van der Waals surface area (Å²) >= 11 is 7.56. The van der Waals surface area contributed by atoms with Crippen LogP contribution in [-0.2, 0) is 10.0 Å². The first kappa shape index (κ1) is 20.1. The smallest absolute Gasteiger partial charge is 0.259 e. The zero-order chi connectivity index (χ0) is 19.4. The second-order valence-electron chi connectivity index (χ2n) is 5.96. The first-order valence-corrected chi connectivity index (χ1v) is 11.4. The number of hydrogen-bond donors (Lipinski definition) is 2. The van der Waals surface area contributed by atoms with Crippen LogP contribution in [0.1, 0.15) is 36.5 Å². The minimum atomic E-state index is -3.66. The molecule has 1 fully saturated rings. The zero-order valence-electron chi connectivity index (χ0n) is 14.7. The van der Waals surface area contributed by atoms with Crippen molar-refractivity contribution in [2.45, 2.75) is 36.2 Å². The maximum atomic E-state index is 12.8. The van der Waals surface area contributed by atoms with Crippen molar-refractivity contribution in [1.29, 1.82) is 0 Å². The second kappa shape index (κ2) is 8.59. The van der Waals surface area contributed by atoms with Gasteiger partial charge in [-0.1, -0.05) is 36.7 Å². The van der Waals surface area contributed by atoms with E-state index in [-0.39, 0.29) is 21.4 Å². The van der Waals surface area contributed by atoms with Gasteiger partial charge in [0.25, 0.3) is 5.91 Å². The first-order valence-electron chi connectivity index (χ1n) is 8.58. The van der Waals surface area contributed by atoms with Crippen LogP contribution in [0.15, 0.2) is 28.3 Å². The number of rotatable bonds is 6. The molecule has 1 aliphatic rings. The Bertz CT molecular complexity index is 926. The highest BCUT2D eigenvalue weighted by Crippen LogP contribution is 2.25. The third-order valence-electron chi connectivity index (χ3n) is 4.11. The van der Waals surface area contributed by atoms with Gasteiger partial charge in [-0.05, 0) is 36.8 Å². The number of piperidine rings is 1. The molecule has 3 rings (SSSR count). The molecule has 2 heterocycles. The Morgan fingerprint density at radius 1 is 1.33 bits per heavy atom. The fourth-order valence-electron chi connectivity index (χ4n) is 2.76. The molecular weight excluding hydrogens is 410 g/mol. The predicted molar refractivity (Wildman–Crippen MR) is 105 cm³/mol. The number of halogens is 1. The Hall–Kier alpha value is -1.62. The molecule has 27 heavy (non-hydrogen) atoms. The summed E-state index contributed by atoms with van der Waals surface area (Å²) < 4.78 is 27.1. The van der Waals surface area contributed by atoms with Crippen LogP contribution in [0.4, 0.5) is 5.95 Å². The fourth-order valence-corrected chi connectivity index (χ4v) is 5.04. The molecule has 1 aromatic heterocycles. The van der Waals surface area contributed by atoms with E-state index in [0.717, 1.165) is 25.0 Å². The SMILES string of the molecule is CCSc1n[nH]c(NC(=O)c2cc(S(=O)(=O)N3CCCCC3)ccc2Cl)n1. The van der Waals surface area contributed by atoms with Crippen LogP contribution in [0.3, 0.4) is 0 Å². The van der Waals surface area contributed by atoms with E-state index in [9.17, 15) is 13.2 Å². The Morgan fingerprint density at radius 3 is 2.78 bits per heavy atom. The molecule has 0 radical (unpaired) electrons. The van der Waals surface area contributed by atoms with Crippen LogP contribution < -0.4 is 5.32 Å². The van der Waals surface area contributed by atoms with Crippen molar-refractivity contribution in [2.24, 2.45) is 0 Å². The van der Waals surface area contributed by atoms with E-state index in [1.165, 1.54) is 34.3 Å². The molecule has 1 aliphatic heterocycles. The van der Waals surface area contributed by atoms with Crippen molar-refractivity contribution in [3.8, 4) is 0 Å². The van der Waals surface area contributed by atoms with E-state index in [1.54, 1.807) is 0 Å². The van der Waals surface area contributed by atoms with E-state index in [2.05, 4.69) is 20.5 Å². The van der Waals surface area contributed by atoms with Gasteiger partial charge in [-0.2, -0.15) is 9.29 Å². The molecule has 146 valence electrons. The summed E-state index contributed by atoms with van der Waals surface area (Å²) in [5.41, 5.74) is 0.0656. The molecule has 0 spiro atoms. The van der Waals surface area contributed by atoms with Gasteiger partial charge in [0.15, 0.2) is 0 Å². The number of H-pyrrole nitrogens is 1. The molecule has 0 unspecified atom stereocenters. The van der Waals surface area contributed by atoms with Crippen molar-refractivity contribution >= 4 is 45.2 Å². The molecule has 11 heteroatoms. The number of benzene rings is 1. The summed E-state index contributed by atoms with van der Waals surface area (Å²) in [4.78, 5) is 16.7. The quantitative estimate of drug-likeness (QED) is 0.683. The molecule has 0 bridgehead atoms. The molecule has 1 aromatic carbocycles. The lowest BCUT2D eigenvalue weighted by Crippen LogP contribution is -2.35. The number of aromatic amines is 1. The van der Waals surface area contributed by atoms with E-state index >= 15 is 0 Å². The van der Waals surface area contributed by atoms with Gasteiger partial charge in [0.05, 0.1) is 15.5 Å². The van der Waals surface area contributed by atoms with E-state index < -0.39 is 15.9 Å². The minimum absolute atomic E-state index is 0.0544. The van der Waals surface area contributed by atoms with Crippen LogP contribution in [-0.4, -0.2) is 52.7 Å². The maximum Gasteiger partial charge on any atom is 0.259 e. The highest BCUT2D eigenvalue weighted by Gasteiger charge is 2.27. The van der Waals surface area contributed by atoms with Gasteiger partial charge >= 0.3 is 0 Å². The lowest BCUT2D eigenvalue weighted by molar-refractivity contribution is 0.102. The maximum absolute atomic E-state index is 12.8. The van der Waals surface area contributed by atoms with Crippen molar-refractivity contribution in [2.75, 3.05) is 24.2 Å². The van der Waals surface area contributed by atoms with Gasteiger partial charge in [0.1, 0.15) is 0 Å². The first-order chi connectivity index (χ1) is 12.9. The number of nitrogens with one attached hydrogen (secondary N) is 2. The predicted octanol–water partition coefficient (Wildman–Crippen LogP) is 3.00. The van der Waals surface area contributed by atoms with Gasteiger partial charge in [0, 0.05) is 13.1 Å². The summed E-state index contributed by atoms with van der Waals surface area (Å²) in [7, 11) is -3.66. The number of carbonyl (C=O) groups is 1. The Labute approximate surface area is 167 Å². The molecule has 1 amide bonds. The second-order valence-corrected chi connectivity index (χ2v) is 9.54. The monoisotopic (exact) mass is 429 g/mol. The van der Waals surface area contributed by atoms with Crippen molar-refractivity contribution in [3.05, 3.63) is 28.8 Å². The topological polar surface area (TPSA) is 108 Å². The largest absolute Gasteiger partial charge is 0.291 e. The number of hydrogen-bond acceptors (Lipinski definition) is 6. The molecule has 2 aromatic rings. The molecule has 2 N–H and O–H groups in total. The molecular formula is C16H20ClN5O3S2. The van der Waals surface area contributed by atoms with E-state index in [1.807, 2.05) is 6.92 Å². The third-order valence-corrected chi connectivity index (χ3v) is 7.06. The Kier molecular flexibility index (Phi) is 6.40. The number of thioether (sulfide) groups is 1. The highest BCUT2D eigenvalue weighted by molar-refractivity contribution is 7.99. The van der Waals surface area contributed by atoms with Crippen LogP contribution in [0.25, 0.3) is 0 Å². The van der Waals surface area contributed by atoms with Gasteiger partial charge in [0.2, 0.25) is 21.1 Å². The Morgan fingerprint density at radius 2 is 2.07 bits per heavy atom. The van der Waals surface area contributed by atoms with Crippen LogP contribution >= 0.6 is 23.4 Å². The van der Waals surface area contributed by atoms with Crippen molar-refractivity contribution in [3.63, 3.8) is 0 Å². The van der Waals surface area contributed by atoms with Gasteiger partial charge < -0.3 is 0 Å². The van der Waals surface area contributed by atoms with Crippen molar-refractivity contribution in [1.82, 2.24) is 19.5 Å². The average molecular weight is 430 g/mol. The molecule has 1 saturated heterocycles. The molecule has 0 atom stereocenters. The lowest BCUT2D eigenvalue weighted by Gasteiger charge is -2.26. The lowest BCUT2D eigenvalue weighted by atomic mass is 10.2. The number of carbonyl (C=O) groups excluding carboxylic acids is 1. The molecule has 0 aliphatic carbocycles. The third kappa shape index (κ3) is 4.63. The summed E-state index contributed by atoms with van der Waals surface area (Å²) in [6, 6.07) is 4.15. The van der Waals surface area contributed by atoms with E-state index in [0.29, 0.717) is 18.2 Å². The number of anilines is 1. The van der Waals surface area contributed by atoms with Crippen LogP contribution in [0.5, 0.6) is 0 Å². The standard InChI is InChI=1S/C16H20ClN5O3S2/c1-2-26-16-19-15(20-21-16)18-14(23)12-10-11(6-7-13(12)17)27(24,25)22-8-4-3-5-9-22/h6-7,10H,2-5,8-9H2,1H3,(H2,18,19,20,21,23). The number of sulfonamides is 1. The fraction of sp³-hybridized carbons (Fsp3) is 0.438. The van der Waals surface area contributed by atoms with Crippen molar-refractivity contribution < 1.29 is 13.2 Å². The zero-order valence-corrected chi connectivity index (χ0v) is 17.1. The number of aromatic nitrogens is 3. The normalized spacial score (nSPS) is 15.6. The van der Waals surface area contributed by atoms with Gasteiger partial charge in [-0.3, -0.25) is 10.1 Å². The Balaban J connectivity index is 1.82. The summed E-state index contributed by atoms with van der Waals surface area (Å²) in [5.74, 6) is 0.421. The average Bonchev–Trinajstić information content (AvgIpc) is 3.10.